The Kier molecular flexibility index (Phi) is 7.82. The molecule has 0 spiro atoms. The average molecular weight is 360 g/mol. The average Bonchev–Trinajstić information content (AvgIpc) is 2.63. The fourth-order valence-electron chi connectivity index (χ4n) is 2.20. The number of methoxy groups -OCH3 is 1. The van der Waals surface area contributed by atoms with Crippen LogP contribution in [0.2, 0.25) is 0 Å². The van der Waals surface area contributed by atoms with Crippen molar-refractivity contribution in [2.75, 3.05) is 20.3 Å². The maximum Gasteiger partial charge on any atom is 0.219 e. The highest BCUT2D eigenvalue weighted by molar-refractivity contribution is 5.80. The maximum atomic E-state index is 12.9. The Morgan fingerprint density at radius 1 is 1.23 bits per heavy atom. The second-order valence-electron chi connectivity index (χ2n) is 5.76. The van der Waals surface area contributed by atoms with Crippen molar-refractivity contribution in [1.82, 2.24) is 15.6 Å². The highest BCUT2D eigenvalue weighted by atomic mass is 19.1. The van der Waals surface area contributed by atoms with Crippen LogP contribution < -0.4 is 15.4 Å². The normalized spacial score (nSPS) is 12.5. The molecule has 1 atom stereocenters. The topological polar surface area (TPSA) is 67.8 Å². The van der Waals surface area contributed by atoms with Crippen LogP contribution in [0.15, 0.2) is 47.6 Å². The predicted octanol–water partition coefficient (Wildman–Crippen LogP) is 3.10. The van der Waals surface area contributed by atoms with Crippen LogP contribution in [0.3, 0.4) is 0 Å². The maximum absolute atomic E-state index is 12.9. The molecule has 0 radical (unpaired) electrons. The Hall–Kier alpha value is -2.67. The van der Waals surface area contributed by atoms with Crippen LogP contribution in [-0.4, -0.2) is 37.2 Å². The third-order valence-electron chi connectivity index (χ3n) is 3.40. The molecule has 6 nitrogen and oxygen atoms in total. The zero-order valence-electron chi connectivity index (χ0n) is 15.3. The summed E-state index contributed by atoms with van der Waals surface area (Å²) in [6.45, 7) is 5.90. The molecule has 1 heterocycles. The fraction of sp³-hybridized carbons (Fsp3) is 0.368. The van der Waals surface area contributed by atoms with E-state index in [9.17, 15) is 4.39 Å². The first-order valence-corrected chi connectivity index (χ1v) is 8.53. The number of nitrogens with one attached hydrogen (secondary N) is 2. The third-order valence-corrected chi connectivity index (χ3v) is 3.40. The molecule has 0 bridgehead atoms. The summed E-state index contributed by atoms with van der Waals surface area (Å²) in [6, 6.07) is 9.63. The number of hydrogen-bond acceptors (Lipinski definition) is 4. The lowest BCUT2D eigenvalue weighted by Gasteiger charge is -2.17. The van der Waals surface area contributed by atoms with Crippen molar-refractivity contribution < 1.29 is 13.9 Å². The lowest BCUT2D eigenvalue weighted by Crippen LogP contribution is -2.43. The molecule has 1 aromatic carbocycles. The number of aromatic nitrogens is 1. The van der Waals surface area contributed by atoms with Gasteiger partial charge in [0.05, 0.1) is 13.2 Å². The molecule has 1 unspecified atom stereocenters. The Morgan fingerprint density at radius 3 is 2.62 bits per heavy atom. The standard InChI is InChI=1S/C19H25FN4O2/c1-4-21-19(24-14(2)13-25-3)23-12-15-5-10-18(22-11-15)26-17-8-6-16(20)7-9-17/h5-11,14H,4,12-13H2,1-3H3,(H2,21,23,24). The van der Waals surface area contributed by atoms with E-state index in [1.807, 2.05) is 19.9 Å². The SMILES string of the molecule is CCNC(=NCc1ccc(Oc2ccc(F)cc2)nc1)NC(C)COC. The number of nitrogens with zero attached hydrogens (tertiary/aromatic N) is 2. The summed E-state index contributed by atoms with van der Waals surface area (Å²) >= 11 is 0. The minimum absolute atomic E-state index is 0.155. The molecule has 2 N–H and O–H groups in total. The number of aliphatic imine (C=N–C) groups is 1. The molecule has 1 aromatic heterocycles. The van der Waals surface area contributed by atoms with Crippen LogP contribution in [0.1, 0.15) is 19.4 Å². The Morgan fingerprint density at radius 2 is 2.00 bits per heavy atom. The molecule has 0 aliphatic heterocycles. The van der Waals surface area contributed by atoms with Crippen LogP contribution in [0, 0.1) is 5.82 Å². The zero-order valence-corrected chi connectivity index (χ0v) is 15.3. The van der Waals surface area contributed by atoms with Gasteiger partial charge in [0.1, 0.15) is 11.6 Å². The lowest BCUT2D eigenvalue weighted by atomic mass is 10.3. The smallest absolute Gasteiger partial charge is 0.219 e. The molecule has 2 aromatic rings. The van der Waals surface area contributed by atoms with Crippen molar-refractivity contribution in [2.45, 2.75) is 26.4 Å². The Balaban J connectivity index is 1.94. The number of benzene rings is 1. The van der Waals surface area contributed by atoms with Crippen molar-refractivity contribution in [3.63, 3.8) is 0 Å². The lowest BCUT2D eigenvalue weighted by molar-refractivity contribution is 0.179. The Bertz CT molecular complexity index is 690. The molecule has 0 saturated carbocycles. The number of hydrogen-bond donors (Lipinski definition) is 2. The first kappa shape index (κ1) is 19.7. The van der Waals surface area contributed by atoms with Gasteiger partial charge >= 0.3 is 0 Å². The molecule has 7 heteroatoms. The van der Waals surface area contributed by atoms with E-state index in [1.54, 1.807) is 31.5 Å². The molecular weight excluding hydrogens is 335 g/mol. The van der Waals surface area contributed by atoms with Gasteiger partial charge in [-0.15, -0.1) is 0 Å². The number of pyridine rings is 1. The van der Waals surface area contributed by atoms with Gasteiger partial charge in [-0.05, 0) is 43.7 Å². The highest BCUT2D eigenvalue weighted by Crippen LogP contribution is 2.19. The van der Waals surface area contributed by atoms with E-state index in [-0.39, 0.29) is 11.9 Å². The van der Waals surface area contributed by atoms with Gasteiger partial charge in [-0.25, -0.2) is 14.4 Å². The second-order valence-corrected chi connectivity index (χ2v) is 5.76. The van der Waals surface area contributed by atoms with Gasteiger partial charge in [-0.1, -0.05) is 6.07 Å². The van der Waals surface area contributed by atoms with Crippen molar-refractivity contribution in [3.8, 4) is 11.6 Å². The Labute approximate surface area is 153 Å². The van der Waals surface area contributed by atoms with Gasteiger partial charge in [0, 0.05) is 32.0 Å². The fourth-order valence-corrected chi connectivity index (χ4v) is 2.20. The van der Waals surface area contributed by atoms with Crippen LogP contribution in [0.4, 0.5) is 4.39 Å². The summed E-state index contributed by atoms with van der Waals surface area (Å²) in [5, 5.41) is 6.47. The van der Waals surface area contributed by atoms with E-state index in [0.29, 0.717) is 24.8 Å². The van der Waals surface area contributed by atoms with Gasteiger partial charge in [-0.3, -0.25) is 0 Å². The summed E-state index contributed by atoms with van der Waals surface area (Å²) in [6.07, 6.45) is 1.71. The van der Waals surface area contributed by atoms with E-state index in [0.717, 1.165) is 18.1 Å². The van der Waals surface area contributed by atoms with E-state index < -0.39 is 0 Å². The van der Waals surface area contributed by atoms with Gasteiger partial charge in [0.15, 0.2) is 5.96 Å². The van der Waals surface area contributed by atoms with E-state index in [4.69, 9.17) is 9.47 Å². The van der Waals surface area contributed by atoms with Crippen LogP contribution in [0.25, 0.3) is 0 Å². The number of halogens is 1. The molecule has 0 aliphatic carbocycles. The van der Waals surface area contributed by atoms with Crippen LogP contribution in [-0.2, 0) is 11.3 Å². The summed E-state index contributed by atoms with van der Waals surface area (Å²) in [5.74, 6) is 1.41. The van der Waals surface area contributed by atoms with E-state index >= 15 is 0 Å². The summed E-state index contributed by atoms with van der Waals surface area (Å²) in [7, 11) is 1.67. The minimum atomic E-state index is -0.302. The van der Waals surface area contributed by atoms with Crippen LogP contribution in [0.5, 0.6) is 11.6 Å². The van der Waals surface area contributed by atoms with Gasteiger partial charge in [-0.2, -0.15) is 0 Å². The summed E-state index contributed by atoms with van der Waals surface area (Å²) in [4.78, 5) is 8.81. The zero-order chi connectivity index (χ0) is 18.8. The first-order chi connectivity index (χ1) is 12.6. The van der Waals surface area contributed by atoms with Gasteiger partial charge in [0.25, 0.3) is 0 Å². The van der Waals surface area contributed by atoms with E-state index in [1.165, 1.54) is 12.1 Å². The number of ether oxygens (including phenoxy) is 2. The molecule has 0 fully saturated rings. The molecule has 0 saturated heterocycles. The van der Waals surface area contributed by atoms with Gasteiger partial charge in [0.2, 0.25) is 5.88 Å². The number of guanidine groups is 1. The molecular formula is C19H25FN4O2. The quantitative estimate of drug-likeness (QED) is 0.559. The van der Waals surface area contributed by atoms with Crippen molar-refractivity contribution in [1.29, 1.82) is 0 Å². The largest absolute Gasteiger partial charge is 0.439 e. The number of rotatable bonds is 8. The molecule has 140 valence electrons. The third kappa shape index (κ3) is 6.68. The predicted molar refractivity (Wildman–Crippen MR) is 100 cm³/mol. The van der Waals surface area contributed by atoms with Gasteiger partial charge < -0.3 is 20.1 Å². The molecule has 0 amide bonds. The van der Waals surface area contributed by atoms with Crippen LogP contribution >= 0.6 is 0 Å². The minimum Gasteiger partial charge on any atom is -0.439 e. The summed E-state index contributed by atoms with van der Waals surface area (Å²) < 4.78 is 23.6. The highest BCUT2D eigenvalue weighted by Gasteiger charge is 2.05. The monoisotopic (exact) mass is 360 g/mol. The second kappa shape index (κ2) is 10.4. The summed E-state index contributed by atoms with van der Waals surface area (Å²) in [5.41, 5.74) is 0.952. The molecule has 0 aliphatic rings. The van der Waals surface area contributed by atoms with E-state index in [2.05, 4.69) is 20.6 Å². The first-order valence-electron chi connectivity index (χ1n) is 8.53. The molecule has 26 heavy (non-hydrogen) atoms. The van der Waals surface area contributed by atoms with Crippen molar-refractivity contribution in [3.05, 3.63) is 54.0 Å². The van der Waals surface area contributed by atoms with Crippen molar-refractivity contribution in [2.24, 2.45) is 4.99 Å². The van der Waals surface area contributed by atoms with Crippen molar-refractivity contribution >= 4 is 5.96 Å². The molecule has 2 rings (SSSR count).